The third-order valence-electron chi connectivity index (χ3n) is 5.63. The second-order valence-corrected chi connectivity index (χ2v) is 7.39. The normalized spacial score (nSPS) is 21.8. The summed E-state index contributed by atoms with van der Waals surface area (Å²) in [4.78, 5) is 6.53. The molecule has 0 aliphatic carbocycles. The van der Waals surface area contributed by atoms with Gasteiger partial charge in [0.1, 0.15) is 0 Å². The van der Waals surface area contributed by atoms with E-state index in [1.807, 2.05) is 30.5 Å². The Balaban J connectivity index is 1.28. The second kappa shape index (κ2) is 7.30. The number of piperidine rings is 1. The van der Waals surface area contributed by atoms with Crippen molar-refractivity contribution >= 4 is 0 Å². The maximum atomic E-state index is 10.8. The van der Waals surface area contributed by atoms with E-state index in [0.717, 1.165) is 42.3 Å². The van der Waals surface area contributed by atoms with Crippen LogP contribution in [-0.2, 0) is 6.54 Å². The number of β-amino-alcohol motifs (C(OH)–C–C–N with tert-alkyl or cyclic N) is 1. The lowest BCUT2D eigenvalue weighted by Gasteiger charge is -2.36. The van der Waals surface area contributed by atoms with Gasteiger partial charge >= 0.3 is 0 Å². The van der Waals surface area contributed by atoms with Crippen molar-refractivity contribution in [3.05, 3.63) is 72.3 Å². The van der Waals surface area contributed by atoms with Crippen LogP contribution in [0, 0.1) is 0 Å². The van der Waals surface area contributed by atoms with Gasteiger partial charge in [-0.05, 0) is 54.9 Å². The van der Waals surface area contributed by atoms with Gasteiger partial charge in [0.05, 0.1) is 18.0 Å². The molecule has 6 heteroatoms. The van der Waals surface area contributed by atoms with E-state index < -0.39 is 6.10 Å². The number of ether oxygens (including phenoxy) is 2. The zero-order valence-corrected chi connectivity index (χ0v) is 15.6. The van der Waals surface area contributed by atoms with Crippen molar-refractivity contribution in [1.82, 2.24) is 14.5 Å². The molecule has 1 saturated heterocycles. The number of aromatic nitrogens is 2. The quantitative estimate of drug-likeness (QED) is 0.758. The first-order valence-corrected chi connectivity index (χ1v) is 9.64. The van der Waals surface area contributed by atoms with E-state index in [2.05, 4.69) is 38.8 Å². The molecule has 0 bridgehead atoms. The number of nitrogens with zero attached hydrogens (tertiary/aromatic N) is 3. The van der Waals surface area contributed by atoms with Crippen molar-refractivity contribution < 1.29 is 14.6 Å². The lowest BCUT2D eigenvalue weighted by molar-refractivity contribution is 0.0469. The maximum Gasteiger partial charge on any atom is 0.231 e. The molecule has 0 radical (unpaired) electrons. The van der Waals surface area contributed by atoms with Crippen molar-refractivity contribution in [1.29, 1.82) is 0 Å². The van der Waals surface area contributed by atoms with Gasteiger partial charge in [-0.15, -0.1) is 0 Å². The number of rotatable bonds is 4. The Morgan fingerprint density at radius 2 is 2.04 bits per heavy atom. The number of likely N-dealkylation sites (tertiary alicyclic amines) is 1. The lowest BCUT2D eigenvalue weighted by atomic mass is 9.87. The molecule has 1 N–H and O–H groups in total. The average molecular weight is 377 g/mol. The minimum absolute atomic E-state index is 0.121. The fourth-order valence-electron chi connectivity index (χ4n) is 4.20. The monoisotopic (exact) mass is 377 g/mol. The van der Waals surface area contributed by atoms with Crippen LogP contribution >= 0.6 is 0 Å². The first-order chi connectivity index (χ1) is 13.8. The zero-order chi connectivity index (χ0) is 18.9. The van der Waals surface area contributed by atoms with Gasteiger partial charge in [-0.3, -0.25) is 9.88 Å². The topological polar surface area (TPSA) is 59.8 Å². The van der Waals surface area contributed by atoms with Crippen LogP contribution < -0.4 is 9.47 Å². The molecule has 2 aliphatic heterocycles. The van der Waals surface area contributed by atoms with E-state index in [9.17, 15) is 5.11 Å². The number of aliphatic hydroxyl groups excluding tert-OH is 1. The number of benzene rings is 1. The van der Waals surface area contributed by atoms with Gasteiger partial charge in [0.2, 0.25) is 6.79 Å². The van der Waals surface area contributed by atoms with Gasteiger partial charge in [-0.25, -0.2) is 0 Å². The molecule has 144 valence electrons. The van der Waals surface area contributed by atoms with Crippen molar-refractivity contribution in [3.8, 4) is 17.2 Å². The summed E-state index contributed by atoms with van der Waals surface area (Å²) in [6.07, 6.45) is 6.21. The molecular weight excluding hydrogens is 354 g/mol. The molecule has 0 saturated carbocycles. The molecule has 1 aromatic carbocycles. The van der Waals surface area contributed by atoms with E-state index in [-0.39, 0.29) is 12.7 Å². The highest BCUT2D eigenvalue weighted by Gasteiger charge is 2.30. The summed E-state index contributed by atoms with van der Waals surface area (Å²) in [5.41, 5.74) is 3.37. The SMILES string of the molecule is O[C@@H]1CN(Cc2cccn2-c2cccnc2)CC[C@H]1c1ccc2c(c1)OCO2. The smallest absolute Gasteiger partial charge is 0.231 e. The Bertz CT molecular complexity index is 957. The van der Waals surface area contributed by atoms with E-state index in [1.165, 1.54) is 5.69 Å². The molecule has 0 amide bonds. The van der Waals surface area contributed by atoms with Crippen molar-refractivity contribution in [2.45, 2.75) is 25.0 Å². The molecule has 2 aromatic heterocycles. The minimum Gasteiger partial charge on any atom is -0.454 e. The molecule has 0 spiro atoms. The van der Waals surface area contributed by atoms with Crippen LogP contribution in [0.1, 0.15) is 23.6 Å². The van der Waals surface area contributed by atoms with E-state index in [4.69, 9.17) is 9.47 Å². The molecule has 28 heavy (non-hydrogen) atoms. The van der Waals surface area contributed by atoms with Gasteiger partial charge in [-0.2, -0.15) is 0 Å². The molecule has 2 aliphatic rings. The largest absolute Gasteiger partial charge is 0.454 e. The third-order valence-corrected chi connectivity index (χ3v) is 5.63. The molecule has 3 aromatic rings. The van der Waals surface area contributed by atoms with Gasteiger partial charge in [-0.1, -0.05) is 6.07 Å². The summed E-state index contributed by atoms with van der Waals surface area (Å²) < 4.78 is 13.0. The van der Waals surface area contributed by atoms with Crippen LogP contribution in [0.4, 0.5) is 0 Å². The number of pyridine rings is 1. The summed E-state index contributed by atoms with van der Waals surface area (Å²) in [6.45, 7) is 2.66. The van der Waals surface area contributed by atoms with Crippen LogP contribution in [0.3, 0.4) is 0 Å². The van der Waals surface area contributed by atoms with E-state index in [1.54, 1.807) is 6.20 Å². The van der Waals surface area contributed by atoms with Gasteiger partial charge in [0, 0.05) is 37.1 Å². The van der Waals surface area contributed by atoms with Gasteiger partial charge < -0.3 is 19.1 Å². The van der Waals surface area contributed by atoms with Crippen LogP contribution in [0.2, 0.25) is 0 Å². The highest BCUT2D eigenvalue weighted by atomic mass is 16.7. The highest BCUT2D eigenvalue weighted by Crippen LogP contribution is 2.37. The van der Waals surface area contributed by atoms with Gasteiger partial charge in [0.25, 0.3) is 0 Å². The van der Waals surface area contributed by atoms with Crippen molar-refractivity contribution in [2.75, 3.05) is 19.9 Å². The highest BCUT2D eigenvalue weighted by molar-refractivity contribution is 5.45. The van der Waals surface area contributed by atoms with Crippen LogP contribution in [0.5, 0.6) is 11.5 Å². The Kier molecular flexibility index (Phi) is 4.50. The molecular formula is C22H23N3O3. The fourth-order valence-corrected chi connectivity index (χ4v) is 4.20. The van der Waals surface area contributed by atoms with Crippen molar-refractivity contribution in [2.24, 2.45) is 0 Å². The summed E-state index contributed by atoms with van der Waals surface area (Å²) in [7, 11) is 0. The average Bonchev–Trinajstić information content (AvgIpc) is 3.37. The van der Waals surface area contributed by atoms with Crippen LogP contribution in [0.25, 0.3) is 5.69 Å². The zero-order valence-electron chi connectivity index (χ0n) is 15.6. The molecule has 4 heterocycles. The Morgan fingerprint density at radius 1 is 1.11 bits per heavy atom. The molecule has 2 atom stereocenters. The number of hydrogen-bond donors (Lipinski definition) is 1. The minimum atomic E-state index is -0.407. The molecule has 5 rings (SSSR count). The van der Waals surface area contributed by atoms with Crippen LogP contribution in [0.15, 0.2) is 61.1 Å². The Hall–Kier alpha value is -2.83. The number of aliphatic hydroxyl groups is 1. The first kappa shape index (κ1) is 17.3. The Morgan fingerprint density at radius 3 is 2.89 bits per heavy atom. The summed E-state index contributed by atoms with van der Waals surface area (Å²) in [5, 5.41) is 10.8. The van der Waals surface area contributed by atoms with Gasteiger partial charge in [0.15, 0.2) is 11.5 Å². The maximum absolute atomic E-state index is 10.8. The summed E-state index contributed by atoms with van der Waals surface area (Å²) in [6, 6.07) is 14.2. The predicted octanol–water partition coefficient (Wildman–Crippen LogP) is 2.95. The fraction of sp³-hybridized carbons (Fsp3) is 0.318. The molecule has 1 fully saturated rings. The lowest BCUT2D eigenvalue weighted by Crippen LogP contribution is -2.42. The first-order valence-electron chi connectivity index (χ1n) is 9.64. The van der Waals surface area contributed by atoms with Crippen LogP contribution in [-0.4, -0.2) is 45.5 Å². The second-order valence-electron chi connectivity index (χ2n) is 7.39. The standard InChI is InChI=1S/C22H23N3O3/c26-20-14-24(13-18-4-2-9-25(18)17-3-1-8-23-12-17)10-7-19(20)16-5-6-21-22(11-16)28-15-27-21/h1-6,8-9,11-12,19-20,26H,7,10,13-15H2/t19-,20+/m0/s1. The number of hydrogen-bond acceptors (Lipinski definition) is 5. The van der Waals surface area contributed by atoms with E-state index in [0.29, 0.717) is 6.54 Å². The number of fused-ring (bicyclic) bond motifs is 1. The summed E-state index contributed by atoms with van der Waals surface area (Å²) in [5.74, 6) is 1.68. The Labute approximate surface area is 164 Å². The third kappa shape index (κ3) is 3.25. The van der Waals surface area contributed by atoms with E-state index >= 15 is 0 Å². The van der Waals surface area contributed by atoms with Crippen molar-refractivity contribution in [3.63, 3.8) is 0 Å². The molecule has 6 nitrogen and oxygen atoms in total. The predicted molar refractivity (Wildman–Crippen MR) is 105 cm³/mol. The summed E-state index contributed by atoms with van der Waals surface area (Å²) >= 11 is 0. The molecule has 0 unspecified atom stereocenters.